The molecule has 1 aliphatic carbocycles. The van der Waals surface area contributed by atoms with E-state index in [1.54, 1.807) is 6.08 Å². The Morgan fingerprint density at radius 3 is 2.25 bits per heavy atom. The Morgan fingerprint density at radius 2 is 1.88 bits per heavy atom. The maximum absolute atomic E-state index is 11.7. The number of unbranched alkanes of at least 4 members (excludes halogenated alkanes) is 1. The molecule has 1 rings (SSSR count). The van der Waals surface area contributed by atoms with Crippen LogP contribution in [0.3, 0.4) is 0 Å². The Balaban J connectivity index is 0.000000385. The first-order valence-corrected chi connectivity index (χ1v) is 8.18. The maximum atomic E-state index is 11.7. The van der Waals surface area contributed by atoms with Crippen LogP contribution in [0.1, 0.15) is 46.5 Å². The first-order chi connectivity index (χ1) is 7.68. The minimum atomic E-state index is -0.787. The van der Waals surface area contributed by atoms with Crippen LogP contribution in [0, 0.1) is 0 Å². The van der Waals surface area contributed by atoms with E-state index in [1.165, 1.54) is 10.6 Å². The average molecular weight is 236 g/mol. The molecule has 0 spiro atoms. The number of hydrogen-bond donors (Lipinski definition) is 0. The molecule has 16 heavy (non-hydrogen) atoms. The molecule has 0 amide bonds. The van der Waals surface area contributed by atoms with Gasteiger partial charge in [-0.2, -0.15) is 0 Å². The fraction of sp³-hybridized carbons (Fsp3) is 0.714. The summed E-state index contributed by atoms with van der Waals surface area (Å²) in [6, 6.07) is 0. The zero-order valence-corrected chi connectivity index (χ0v) is 12.2. The fourth-order valence-electron chi connectivity index (χ4n) is 1.60. The molecule has 2 heteroatoms. The molecule has 0 radical (unpaired) electrons. The summed E-state index contributed by atoms with van der Waals surface area (Å²) in [6.45, 7) is 6.61. The molecular weight excluding hydrogens is 211 g/mol. The summed E-state index contributed by atoms with van der Waals surface area (Å²) in [5.74, 6) is 0. The third-order valence-electron chi connectivity index (χ3n) is 2.64. The molecule has 1 nitrogen and oxygen atoms in total. The molecule has 90 valence electrons. The Bertz CT molecular complexity index is 209. The van der Waals surface area contributed by atoms with Gasteiger partial charge in [-0.3, -0.25) is 0 Å². The summed E-state index contributed by atoms with van der Waals surface area (Å²) in [6.07, 6.45) is 11.2. The third kappa shape index (κ3) is 8.16. The Kier molecular flexibility index (Phi) is 10.1. The van der Waals surface area contributed by atoms with Crippen molar-refractivity contribution < 1.29 is 5.11 Å². The van der Waals surface area contributed by atoms with Gasteiger partial charge in [0.25, 0.3) is 0 Å². The third-order valence-corrected chi connectivity index (χ3v) is 3.80. The standard InChI is InChI=1S/C10H15O.2C2H5.Al/c1-2-3-7-10(11)8-5-4-6-9-10;2*1-2;/h4-6,8H,2-3,7,9H2,1H3;2*1H2,2H3;/q-1;;;+1. The van der Waals surface area contributed by atoms with E-state index in [4.69, 9.17) is 0 Å². The molecule has 1 unspecified atom stereocenters. The van der Waals surface area contributed by atoms with Crippen molar-refractivity contribution in [3.63, 3.8) is 0 Å². The van der Waals surface area contributed by atoms with E-state index < -0.39 is 5.60 Å². The van der Waals surface area contributed by atoms with Gasteiger partial charge in [0.1, 0.15) is 0 Å². The van der Waals surface area contributed by atoms with Crippen molar-refractivity contribution in [2.24, 2.45) is 0 Å². The van der Waals surface area contributed by atoms with E-state index in [-0.39, 0.29) is 0 Å². The molecule has 1 atom stereocenters. The Labute approximate surface area is 107 Å². The van der Waals surface area contributed by atoms with Gasteiger partial charge in [-0.25, -0.2) is 0 Å². The predicted octanol–water partition coefficient (Wildman–Crippen LogP) is 3.36. The number of hydrogen-bond acceptors (Lipinski definition) is 1. The molecule has 0 aromatic heterocycles. The normalized spacial score (nSPS) is 22.2. The van der Waals surface area contributed by atoms with Crippen molar-refractivity contribution in [3.8, 4) is 0 Å². The summed E-state index contributed by atoms with van der Waals surface area (Å²) in [5, 5.41) is 14.6. The molecule has 0 saturated carbocycles. The van der Waals surface area contributed by atoms with Gasteiger partial charge in [0.05, 0.1) is 0 Å². The number of allylic oxidation sites excluding steroid dienone is 2. The molecule has 0 aromatic carbocycles. The summed E-state index contributed by atoms with van der Waals surface area (Å²) >= 11 is 0.815. The van der Waals surface area contributed by atoms with E-state index in [0.717, 1.165) is 34.5 Å². The predicted molar refractivity (Wildman–Crippen MR) is 71.9 cm³/mol. The SMILES string of the molecule is CCCCC1([O-])C=CC=CC1.C[CH2][Al+][CH2]C. The second-order valence-corrected chi connectivity index (χ2v) is 6.48. The van der Waals surface area contributed by atoms with E-state index in [2.05, 4.69) is 20.8 Å². The molecule has 0 bridgehead atoms. The van der Waals surface area contributed by atoms with Gasteiger partial charge < -0.3 is 5.11 Å². The van der Waals surface area contributed by atoms with Crippen LogP contribution in [0.15, 0.2) is 24.3 Å². The second kappa shape index (κ2) is 10.1. The van der Waals surface area contributed by atoms with Crippen molar-refractivity contribution >= 4 is 15.2 Å². The zero-order chi connectivity index (χ0) is 12.3. The molecule has 0 saturated heterocycles. The van der Waals surface area contributed by atoms with Crippen LogP contribution < -0.4 is 5.11 Å². The molecule has 0 heterocycles. The molecule has 0 aromatic rings. The van der Waals surface area contributed by atoms with Gasteiger partial charge in [0, 0.05) is 0 Å². The van der Waals surface area contributed by atoms with Crippen LogP contribution in [-0.4, -0.2) is 20.8 Å². The molecular formula is C14H25AlO. The van der Waals surface area contributed by atoms with Gasteiger partial charge >= 0.3 is 39.6 Å². The summed E-state index contributed by atoms with van der Waals surface area (Å²) in [7, 11) is 0. The van der Waals surface area contributed by atoms with E-state index >= 15 is 0 Å². The average Bonchev–Trinajstić information content (AvgIpc) is 2.29. The van der Waals surface area contributed by atoms with Crippen molar-refractivity contribution in [2.45, 2.75) is 62.6 Å². The van der Waals surface area contributed by atoms with Crippen molar-refractivity contribution in [2.75, 3.05) is 0 Å². The van der Waals surface area contributed by atoms with Crippen molar-refractivity contribution in [1.82, 2.24) is 0 Å². The van der Waals surface area contributed by atoms with Crippen LogP contribution in [0.25, 0.3) is 0 Å². The van der Waals surface area contributed by atoms with Crippen LogP contribution in [0.2, 0.25) is 10.6 Å². The van der Waals surface area contributed by atoms with Crippen LogP contribution in [0.4, 0.5) is 0 Å². The Morgan fingerprint density at radius 1 is 1.19 bits per heavy atom. The van der Waals surface area contributed by atoms with Crippen molar-refractivity contribution in [3.05, 3.63) is 24.3 Å². The van der Waals surface area contributed by atoms with Crippen LogP contribution in [0.5, 0.6) is 0 Å². The fourth-order valence-corrected chi connectivity index (χ4v) is 2.17. The second-order valence-electron chi connectivity index (χ2n) is 4.26. The summed E-state index contributed by atoms with van der Waals surface area (Å²) in [4.78, 5) is 0. The molecule has 0 aliphatic heterocycles. The quantitative estimate of drug-likeness (QED) is 0.671. The minimum absolute atomic E-state index is 0.670. The van der Waals surface area contributed by atoms with E-state index in [9.17, 15) is 5.11 Å². The van der Waals surface area contributed by atoms with Crippen molar-refractivity contribution in [1.29, 1.82) is 0 Å². The first kappa shape index (κ1) is 16.0. The zero-order valence-electron chi connectivity index (χ0n) is 11.0. The van der Waals surface area contributed by atoms with Gasteiger partial charge in [0.2, 0.25) is 0 Å². The van der Waals surface area contributed by atoms with Gasteiger partial charge in [-0.05, 0) is 6.42 Å². The first-order valence-electron chi connectivity index (χ1n) is 6.55. The molecule has 0 fully saturated rings. The topological polar surface area (TPSA) is 23.1 Å². The van der Waals surface area contributed by atoms with E-state index in [0.29, 0.717) is 6.42 Å². The van der Waals surface area contributed by atoms with Gasteiger partial charge in [0.15, 0.2) is 0 Å². The summed E-state index contributed by atoms with van der Waals surface area (Å²) < 4.78 is 0. The van der Waals surface area contributed by atoms with Crippen LogP contribution in [-0.2, 0) is 0 Å². The molecule has 1 aliphatic rings. The number of rotatable bonds is 5. The molecule has 0 N–H and O–H groups in total. The summed E-state index contributed by atoms with van der Waals surface area (Å²) in [5.41, 5.74) is -0.787. The van der Waals surface area contributed by atoms with E-state index in [1.807, 2.05) is 18.2 Å². The Hall–Kier alpha value is -0.0275. The van der Waals surface area contributed by atoms with Crippen LogP contribution >= 0.6 is 0 Å². The van der Waals surface area contributed by atoms with Gasteiger partial charge in [-0.15, -0.1) is 0 Å². The van der Waals surface area contributed by atoms with Gasteiger partial charge in [-0.1, -0.05) is 56.1 Å². The monoisotopic (exact) mass is 236 g/mol.